The maximum atomic E-state index is 4.71. The smallest absolute Gasteiger partial charge is 0.144 e. The van der Waals surface area contributed by atoms with Gasteiger partial charge in [-0.3, -0.25) is 9.55 Å². The lowest BCUT2D eigenvalue weighted by molar-refractivity contribution is 0.807. The standard InChI is InChI=1S/C27H29N3/c1-18(2)23-15-22(25-17-28-12-11-20(25)5)16-24(19(3)4)26(23)30-14-13-29-27(30)21-9-7-6-8-10-21/h6-19H,1-5H3. The maximum Gasteiger partial charge on any atom is 0.144 e. The molecule has 4 aromatic rings. The van der Waals surface area contributed by atoms with Gasteiger partial charge in [-0.15, -0.1) is 0 Å². The molecule has 0 aliphatic rings. The largest absolute Gasteiger partial charge is 0.299 e. The minimum Gasteiger partial charge on any atom is -0.299 e. The molecule has 3 heteroatoms. The second-order valence-corrected chi connectivity index (χ2v) is 8.49. The van der Waals surface area contributed by atoms with Gasteiger partial charge >= 0.3 is 0 Å². The summed E-state index contributed by atoms with van der Waals surface area (Å²) < 4.78 is 2.26. The molecule has 0 N–H and O–H groups in total. The van der Waals surface area contributed by atoms with Gasteiger partial charge in [0.05, 0.1) is 5.69 Å². The molecular formula is C27H29N3. The summed E-state index contributed by atoms with van der Waals surface area (Å²) in [7, 11) is 0. The van der Waals surface area contributed by atoms with Crippen molar-refractivity contribution in [1.29, 1.82) is 0 Å². The van der Waals surface area contributed by atoms with E-state index in [0.717, 1.165) is 11.4 Å². The van der Waals surface area contributed by atoms with Gasteiger partial charge in [0.25, 0.3) is 0 Å². The minimum absolute atomic E-state index is 0.375. The molecule has 2 aromatic heterocycles. The third-order valence-corrected chi connectivity index (χ3v) is 5.68. The predicted molar refractivity (Wildman–Crippen MR) is 125 cm³/mol. The molecule has 0 spiro atoms. The maximum absolute atomic E-state index is 4.71. The molecule has 2 heterocycles. The molecule has 0 radical (unpaired) electrons. The molecule has 4 rings (SSSR count). The van der Waals surface area contributed by atoms with Crippen molar-refractivity contribution < 1.29 is 0 Å². The van der Waals surface area contributed by atoms with Gasteiger partial charge in [-0.1, -0.05) is 58.0 Å². The van der Waals surface area contributed by atoms with Crippen molar-refractivity contribution in [3.63, 3.8) is 0 Å². The Morgan fingerprint density at radius 2 is 1.47 bits per heavy atom. The lowest BCUT2D eigenvalue weighted by Crippen LogP contribution is -2.09. The highest BCUT2D eigenvalue weighted by Gasteiger charge is 2.21. The predicted octanol–water partition coefficient (Wildman–Crippen LogP) is 7.16. The zero-order valence-electron chi connectivity index (χ0n) is 18.4. The van der Waals surface area contributed by atoms with Crippen LogP contribution in [0.15, 0.2) is 73.3 Å². The molecule has 0 aliphatic carbocycles. The monoisotopic (exact) mass is 395 g/mol. The number of aromatic nitrogens is 3. The fraction of sp³-hybridized carbons (Fsp3) is 0.259. The van der Waals surface area contributed by atoms with Gasteiger partial charge in [0.1, 0.15) is 5.82 Å². The summed E-state index contributed by atoms with van der Waals surface area (Å²) in [5.74, 6) is 1.73. The van der Waals surface area contributed by atoms with Crippen molar-refractivity contribution >= 4 is 0 Å². The summed E-state index contributed by atoms with van der Waals surface area (Å²) in [6, 6.07) is 17.2. The topological polar surface area (TPSA) is 30.7 Å². The molecule has 0 fully saturated rings. The summed E-state index contributed by atoms with van der Waals surface area (Å²) in [5.41, 5.74) is 8.71. The number of benzene rings is 2. The fourth-order valence-electron chi connectivity index (χ4n) is 4.04. The van der Waals surface area contributed by atoms with Crippen LogP contribution in [0.2, 0.25) is 0 Å². The number of hydrogen-bond acceptors (Lipinski definition) is 2. The molecule has 152 valence electrons. The third-order valence-electron chi connectivity index (χ3n) is 5.68. The Bertz CT molecular complexity index is 1120. The van der Waals surface area contributed by atoms with Gasteiger partial charge in [0, 0.05) is 35.9 Å². The highest BCUT2D eigenvalue weighted by atomic mass is 15.1. The number of aryl methyl sites for hydroxylation is 1. The first-order chi connectivity index (χ1) is 14.5. The van der Waals surface area contributed by atoms with Gasteiger partial charge in [0.15, 0.2) is 0 Å². The van der Waals surface area contributed by atoms with E-state index in [2.05, 4.69) is 92.8 Å². The van der Waals surface area contributed by atoms with Gasteiger partial charge in [-0.2, -0.15) is 0 Å². The molecule has 0 amide bonds. The quantitative estimate of drug-likeness (QED) is 0.359. The molecule has 0 atom stereocenters. The second kappa shape index (κ2) is 8.27. The molecule has 0 saturated heterocycles. The Kier molecular flexibility index (Phi) is 5.54. The van der Waals surface area contributed by atoms with Gasteiger partial charge in [-0.05, 0) is 59.2 Å². The van der Waals surface area contributed by atoms with Crippen molar-refractivity contribution in [2.45, 2.75) is 46.5 Å². The van der Waals surface area contributed by atoms with Crippen LogP contribution in [0.5, 0.6) is 0 Å². The third kappa shape index (κ3) is 3.68. The lowest BCUT2D eigenvalue weighted by Gasteiger charge is -2.24. The van der Waals surface area contributed by atoms with Crippen molar-refractivity contribution in [2.75, 3.05) is 0 Å². The SMILES string of the molecule is Cc1ccncc1-c1cc(C(C)C)c(-n2ccnc2-c2ccccc2)c(C(C)C)c1. The average Bonchev–Trinajstić information content (AvgIpc) is 3.23. The van der Waals surface area contributed by atoms with E-state index >= 15 is 0 Å². The van der Waals surface area contributed by atoms with Crippen LogP contribution < -0.4 is 0 Å². The first-order valence-corrected chi connectivity index (χ1v) is 10.6. The first-order valence-electron chi connectivity index (χ1n) is 10.6. The summed E-state index contributed by atoms with van der Waals surface area (Å²) in [6.07, 6.45) is 7.82. The molecule has 30 heavy (non-hydrogen) atoms. The summed E-state index contributed by atoms with van der Waals surface area (Å²) in [5, 5.41) is 0. The normalized spacial score (nSPS) is 11.4. The summed E-state index contributed by atoms with van der Waals surface area (Å²) in [4.78, 5) is 9.09. The van der Waals surface area contributed by atoms with E-state index in [9.17, 15) is 0 Å². The van der Waals surface area contributed by atoms with Crippen molar-refractivity contribution in [3.8, 4) is 28.2 Å². The Morgan fingerprint density at radius 1 is 0.800 bits per heavy atom. The Morgan fingerprint density at radius 3 is 2.07 bits per heavy atom. The van der Waals surface area contributed by atoms with Crippen LogP contribution in [0.1, 0.15) is 56.2 Å². The molecule has 0 saturated carbocycles. The van der Waals surface area contributed by atoms with E-state index in [-0.39, 0.29) is 0 Å². The fourth-order valence-corrected chi connectivity index (χ4v) is 4.04. The van der Waals surface area contributed by atoms with E-state index in [1.165, 1.54) is 33.5 Å². The Balaban J connectivity index is 2.00. The van der Waals surface area contributed by atoms with Crippen LogP contribution in [-0.4, -0.2) is 14.5 Å². The molecule has 2 aromatic carbocycles. The number of rotatable bonds is 5. The van der Waals surface area contributed by atoms with Crippen LogP contribution in [-0.2, 0) is 0 Å². The van der Waals surface area contributed by atoms with Gasteiger partial charge in [-0.25, -0.2) is 4.98 Å². The molecular weight excluding hydrogens is 366 g/mol. The lowest BCUT2D eigenvalue weighted by atomic mass is 9.87. The highest BCUT2D eigenvalue weighted by Crippen LogP contribution is 2.38. The van der Waals surface area contributed by atoms with Crippen LogP contribution in [0, 0.1) is 6.92 Å². The first kappa shape index (κ1) is 20.1. The van der Waals surface area contributed by atoms with E-state index in [4.69, 9.17) is 4.98 Å². The second-order valence-electron chi connectivity index (χ2n) is 8.49. The van der Waals surface area contributed by atoms with Crippen LogP contribution in [0.3, 0.4) is 0 Å². The molecule has 0 unspecified atom stereocenters. The number of hydrogen-bond donors (Lipinski definition) is 0. The van der Waals surface area contributed by atoms with Crippen molar-refractivity contribution in [2.24, 2.45) is 0 Å². The minimum atomic E-state index is 0.375. The van der Waals surface area contributed by atoms with Crippen molar-refractivity contribution in [1.82, 2.24) is 14.5 Å². The number of pyridine rings is 1. The number of imidazole rings is 1. The van der Waals surface area contributed by atoms with Crippen LogP contribution >= 0.6 is 0 Å². The van der Waals surface area contributed by atoms with E-state index in [1.807, 2.05) is 24.7 Å². The molecule has 3 nitrogen and oxygen atoms in total. The molecule has 0 aliphatic heterocycles. The highest BCUT2D eigenvalue weighted by molar-refractivity contribution is 5.72. The summed E-state index contributed by atoms with van der Waals surface area (Å²) in [6.45, 7) is 11.2. The number of nitrogens with zero attached hydrogens (tertiary/aromatic N) is 3. The zero-order valence-corrected chi connectivity index (χ0v) is 18.4. The van der Waals surface area contributed by atoms with E-state index in [0.29, 0.717) is 11.8 Å². The van der Waals surface area contributed by atoms with E-state index < -0.39 is 0 Å². The van der Waals surface area contributed by atoms with Crippen LogP contribution in [0.25, 0.3) is 28.2 Å². The Labute approximate surface area is 179 Å². The Hall–Kier alpha value is -3.20. The van der Waals surface area contributed by atoms with E-state index in [1.54, 1.807) is 0 Å². The van der Waals surface area contributed by atoms with Gasteiger partial charge in [0.2, 0.25) is 0 Å². The summed E-state index contributed by atoms with van der Waals surface area (Å²) >= 11 is 0. The molecule has 0 bridgehead atoms. The van der Waals surface area contributed by atoms with Gasteiger partial charge < -0.3 is 0 Å². The van der Waals surface area contributed by atoms with Crippen molar-refractivity contribution in [3.05, 3.63) is 90.0 Å². The van der Waals surface area contributed by atoms with Crippen LogP contribution in [0.4, 0.5) is 0 Å². The average molecular weight is 396 g/mol. The zero-order chi connectivity index (χ0) is 21.3.